The van der Waals surface area contributed by atoms with Gasteiger partial charge in [0, 0.05) is 18.3 Å². The zero-order valence-corrected chi connectivity index (χ0v) is 16.2. The van der Waals surface area contributed by atoms with Crippen LogP contribution in [0, 0.1) is 0 Å². The van der Waals surface area contributed by atoms with Crippen molar-refractivity contribution in [2.45, 2.75) is 39.5 Å². The van der Waals surface area contributed by atoms with Gasteiger partial charge < -0.3 is 15.4 Å². The molecule has 134 valence electrons. The van der Waals surface area contributed by atoms with Crippen molar-refractivity contribution in [2.24, 2.45) is 0 Å². The third-order valence-corrected chi connectivity index (χ3v) is 4.22. The van der Waals surface area contributed by atoms with E-state index in [1.165, 1.54) is 11.1 Å². The van der Waals surface area contributed by atoms with Crippen molar-refractivity contribution in [2.75, 3.05) is 18.5 Å². The quantitative estimate of drug-likeness (QED) is 0.507. The van der Waals surface area contributed by atoms with Gasteiger partial charge in [-0.25, -0.2) is 0 Å². The Morgan fingerprint density at radius 2 is 1.88 bits per heavy atom. The van der Waals surface area contributed by atoms with Crippen LogP contribution in [0.2, 0.25) is 0 Å². The Kier molecular flexibility index (Phi) is 7.74. The number of hydrogen-bond acceptors (Lipinski definition) is 2. The smallest absolute Gasteiger partial charge is 0.170 e. The normalized spacial score (nSPS) is 10.6. The van der Waals surface area contributed by atoms with Crippen molar-refractivity contribution < 1.29 is 4.74 Å². The summed E-state index contributed by atoms with van der Waals surface area (Å²) in [6.45, 7) is 7.92. The van der Waals surface area contributed by atoms with E-state index in [1.807, 2.05) is 31.2 Å². The highest BCUT2D eigenvalue weighted by molar-refractivity contribution is 7.80. The standard InChI is InChI=1S/C21H28N2OS/c1-4-24-20-9-5-8-19(15-20)23-21(25)22-14-6-7-17-10-12-18(13-11-17)16(2)3/h5,8-13,15-16H,4,6-7,14H2,1-3H3,(H2,22,23,25). The molecule has 0 aliphatic heterocycles. The van der Waals surface area contributed by atoms with E-state index in [0.717, 1.165) is 30.8 Å². The molecule has 0 aliphatic rings. The van der Waals surface area contributed by atoms with E-state index in [0.29, 0.717) is 17.6 Å². The highest BCUT2D eigenvalue weighted by Gasteiger charge is 2.01. The van der Waals surface area contributed by atoms with Crippen LogP contribution in [0.1, 0.15) is 44.2 Å². The minimum absolute atomic E-state index is 0.584. The van der Waals surface area contributed by atoms with Crippen LogP contribution in [-0.4, -0.2) is 18.3 Å². The molecule has 0 bridgehead atoms. The van der Waals surface area contributed by atoms with Gasteiger partial charge in [0.2, 0.25) is 0 Å². The topological polar surface area (TPSA) is 33.3 Å². The summed E-state index contributed by atoms with van der Waals surface area (Å²) in [6.07, 6.45) is 2.09. The van der Waals surface area contributed by atoms with E-state index in [1.54, 1.807) is 0 Å². The molecule has 3 nitrogen and oxygen atoms in total. The molecule has 4 heteroatoms. The first-order valence-electron chi connectivity index (χ1n) is 8.95. The fraction of sp³-hybridized carbons (Fsp3) is 0.381. The molecule has 0 aromatic heterocycles. The Labute approximate surface area is 156 Å². The molecule has 0 unspecified atom stereocenters. The maximum absolute atomic E-state index is 5.49. The molecule has 0 fully saturated rings. The van der Waals surface area contributed by atoms with Crippen LogP contribution in [-0.2, 0) is 6.42 Å². The van der Waals surface area contributed by atoms with Crippen LogP contribution in [0.15, 0.2) is 48.5 Å². The van der Waals surface area contributed by atoms with E-state index in [2.05, 4.69) is 48.7 Å². The van der Waals surface area contributed by atoms with Crippen LogP contribution in [0.5, 0.6) is 5.75 Å². The monoisotopic (exact) mass is 356 g/mol. The summed E-state index contributed by atoms with van der Waals surface area (Å²) in [7, 11) is 0. The molecular formula is C21H28N2OS. The number of anilines is 1. The van der Waals surface area contributed by atoms with Gasteiger partial charge in [-0.2, -0.15) is 0 Å². The largest absolute Gasteiger partial charge is 0.494 e. The van der Waals surface area contributed by atoms with Crippen molar-refractivity contribution in [3.05, 3.63) is 59.7 Å². The molecule has 0 spiro atoms. The van der Waals surface area contributed by atoms with Crippen LogP contribution < -0.4 is 15.4 Å². The Bertz CT molecular complexity index is 668. The second-order valence-electron chi connectivity index (χ2n) is 6.34. The number of benzene rings is 2. The van der Waals surface area contributed by atoms with Gasteiger partial charge in [0.1, 0.15) is 5.75 Å². The average molecular weight is 357 g/mol. The molecule has 0 radical (unpaired) electrons. The minimum Gasteiger partial charge on any atom is -0.494 e. The van der Waals surface area contributed by atoms with Gasteiger partial charge in [-0.3, -0.25) is 0 Å². The number of rotatable bonds is 8. The maximum atomic E-state index is 5.49. The van der Waals surface area contributed by atoms with E-state index in [4.69, 9.17) is 17.0 Å². The summed E-state index contributed by atoms with van der Waals surface area (Å²) >= 11 is 5.36. The molecule has 2 rings (SSSR count). The summed E-state index contributed by atoms with van der Waals surface area (Å²) in [4.78, 5) is 0. The Hall–Kier alpha value is -2.07. The second-order valence-corrected chi connectivity index (χ2v) is 6.75. The summed E-state index contributed by atoms with van der Waals surface area (Å²) in [6, 6.07) is 16.7. The van der Waals surface area contributed by atoms with Crippen molar-refractivity contribution in [1.29, 1.82) is 0 Å². The zero-order chi connectivity index (χ0) is 18.1. The molecule has 0 aliphatic carbocycles. The summed E-state index contributed by atoms with van der Waals surface area (Å²) in [5.74, 6) is 1.43. The van der Waals surface area contributed by atoms with Crippen molar-refractivity contribution in [1.82, 2.24) is 5.32 Å². The molecule has 0 amide bonds. The third kappa shape index (κ3) is 6.75. The predicted molar refractivity (Wildman–Crippen MR) is 111 cm³/mol. The summed E-state index contributed by atoms with van der Waals surface area (Å²) in [5, 5.41) is 7.10. The lowest BCUT2D eigenvalue weighted by molar-refractivity contribution is 0.340. The number of hydrogen-bond donors (Lipinski definition) is 2. The summed E-state index contributed by atoms with van der Waals surface area (Å²) in [5.41, 5.74) is 3.70. The van der Waals surface area contributed by atoms with Gasteiger partial charge in [-0.1, -0.05) is 44.2 Å². The SMILES string of the molecule is CCOc1cccc(NC(=S)NCCCc2ccc(C(C)C)cc2)c1. The average Bonchev–Trinajstić information content (AvgIpc) is 2.60. The first kappa shape index (κ1) is 19.3. The predicted octanol–water partition coefficient (Wildman–Crippen LogP) is 5.13. The highest BCUT2D eigenvalue weighted by Crippen LogP contribution is 2.17. The number of nitrogens with one attached hydrogen (secondary N) is 2. The van der Waals surface area contributed by atoms with Crippen LogP contribution in [0.3, 0.4) is 0 Å². The molecule has 0 saturated carbocycles. The molecule has 2 N–H and O–H groups in total. The van der Waals surface area contributed by atoms with Crippen molar-refractivity contribution in [3.63, 3.8) is 0 Å². The Balaban J connectivity index is 1.70. The van der Waals surface area contributed by atoms with E-state index >= 15 is 0 Å². The zero-order valence-electron chi connectivity index (χ0n) is 15.3. The second kappa shape index (κ2) is 10.0. The minimum atomic E-state index is 0.584. The third-order valence-electron chi connectivity index (χ3n) is 3.98. The Morgan fingerprint density at radius 1 is 1.12 bits per heavy atom. The molecule has 2 aromatic rings. The van der Waals surface area contributed by atoms with Crippen molar-refractivity contribution in [3.8, 4) is 5.75 Å². The van der Waals surface area contributed by atoms with E-state index < -0.39 is 0 Å². The molecule has 0 atom stereocenters. The highest BCUT2D eigenvalue weighted by atomic mass is 32.1. The Morgan fingerprint density at radius 3 is 2.56 bits per heavy atom. The molecular weight excluding hydrogens is 328 g/mol. The van der Waals surface area contributed by atoms with Crippen LogP contribution >= 0.6 is 12.2 Å². The van der Waals surface area contributed by atoms with Gasteiger partial charge in [-0.05, 0) is 61.2 Å². The summed E-state index contributed by atoms with van der Waals surface area (Å²) < 4.78 is 5.49. The molecule has 0 saturated heterocycles. The van der Waals surface area contributed by atoms with E-state index in [-0.39, 0.29) is 0 Å². The van der Waals surface area contributed by atoms with Gasteiger partial charge >= 0.3 is 0 Å². The van der Waals surface area contributed by atoms with Gasteiger partial charge in [0.25, 0.3) is 0 Å². The first-order valence-corrected chi connectivity index (χ1v) is 9.36. The fourth-order valence-corrected chi connectivity index (χ4v) is 2.79. The fourth-order valence-electron chi connectivity index (χ4n) is 2.57. The van der Waals surface area contributed by atoms with Gasteiger partial charge in [0.05, 0.1) is 6.61 Å². The molecule has 25 heavy (non-hydrogen) atoms. The maximum Gasteiger partial charge on any atom is 0.170 e. The van der Waals surface area contributed by atoms with Crippen LogP contribution in [0.4, 0.5) is 5.69 Å². The van der Waals surface area contributed by atoms with Crippen molar-refractivity contribution >= 4 is 23.0 Å². The molecule has 2 aromatic carbocycles. The number of thiocarbonyl (C=S) groups is 1. The first-order chi connectivity index (χ1) is 12.1. The van der Waals surface area contributed by atoms with Crippen LogP contribution in [0.25, 0.3) is 0 Å². The lowest BCUT2D eigenvalue weighted by atomic mass is 10.0. The van der Waals surface area contributed by atoms with Gasteiger partial charge in [0.15, 0.2) is 5.11 Å². The molecule has 0 heterocycles. The number of ether oxygens (including phenoxy) is 1. The number of aryl methyl sites for hydroxylation is 1. The lowest BCUT2D eigenvalue weighted by Gasteiger charge is -2.12. The lowest BCUT2D eigenvalue weighted by Crippen LogP contribution is -2.29. The van der Waals surface area contributed by atoms with Gasteiger partial charge in [-0.15, -0.1) is 0 Å². The van der Waals surface area contributed by atoms with E-state index in [9.17, 15) is 0 Å².